The first-order chi connectivity index (χ1) is 10.1. The van der Waals surface area contributed by atoms with Gasteiger partial charge < -0.3 is 20.2 Å². The highest BCUT2D eigenvalue weighted by Gasteiger charge is 2.48. The first kappa shape index (κ1) is 16.1. The number of amides is 2. The molecule has 2 rings (SSSR count). The van der Waals surface area contributed by atoms with Crippen molar-refractivity contribution in [1.82, 2.24) is 15.1 Å². The third-order valence-electron chi connectivity index (χ3n) is 4.84. The lowest BCUT2D eigenvalue weighted by molar-refractivity contribution is -0.141. The number of aliphatic carboxylic acids is 1. The second kappa shape index (κ2) is 7.11. The molecular formula is C15H27N3O3. The zero-order valence-electron chi connectivity index (χ0n) is 13.0. The minimum atomic E-state index is -0.860. The van der Waals surface area contributed by atoms with Gasteiger partial charge in [-0.15, -0.1) is 0 Å². The molecule has 0 aromatic carbocycles. The highest BCUT2D eigenvalue weighted by Crippen LogP contribution is 2.40. The summed E-state index contributed by atoms with van der Waals surface area (Å²) in [6.07, 6.45) is 5.76. The van der Waals surface area contributed by atoms with Gasteiger partial charge in [0.15, 0.2) is 0 Å². The molecule has 6 nitrogen and oxygen atoms in total. The van der Waals surface area contributed by atoms with Crippen molar-refractivity contribution in [1.29, 1.82) is 0 Å². The molecule has 1 saturated heterocycles. The largest absolute Gasteiger partial charge is 0.480 e. The summed E-state index contributed by atoms with van der Waals surface area (Å²) >= 11 is 0. The average Bonchev–Trinajstić information content (AvgIpc) is 2.86. The number of hydrogen-bond acceptors (Lipinski definition) is 3. The van der Waals surface area contributed by atoms with Crippen LogP contribution >= 0.6 is 0 Å². The molecule has 120 valence electrons. The van der Waals surface area contributed by atoms with Gasteiger partial charge in [0.25, 0.3) is 0 Å². The lowest BCUT2D eigenvalue weighted by Gasteiger charge is -2.35. The molecule has 3 atom stereocenters. The third kappa shape index (κ3) is 3.48. The van der Waals surface area contributed by atoms with E-state index in [1.807, 2.05) is 7.05 Å². The van der Waals surface area contributed by atoms with Crippen molar-refractivity contribution >= 4 is 12.0 Å². The van der Waals surface area contributed by atoms with E-state index in [1.165, 1.54) is 0 Å². The van der Waals surface area contributed by atoms with E-state index in [1.54, 1.807) is 16.8 Å². The Kier molecular flexibility index (Phi) is 5.45. The molecular weight excluding hydrogens is 270 g/mol. The minimum absolute atomic E-state index is 0.118. The number of carboxylic acid groups (broad SMARTS) is 1. The Morgan fingerprint density at radius 3 is 2.71 bits per heavy atom. The van der Waals surface area contributed by atoms with Crippen LogP contribution < -0.4 is 5.32 Å². The van der Waals surface area contributed by atoms with E-state index in [0.717, 1.165) is 38.6 Å². The van der Waals surface area contributed by atoms with E-state index < -0.39 is 12.0 Å². The molecule has 0 bridgehead atoms. The molecule has 3 unspecified atom stereocenters. The van der Waals surface area contributed by atoms with Gasteiger partial charge >= 0.3 is 12.0 Å². The maximum Gasteiger partial charge on any atom is 0.326 e. The van der Waals surface area contributed by atoms with Crippen LogP contribution in [0.3, 0.4) is 0 Å². The van der Waals surface area contributed by atoms with Gasteiger partial charge in [-0.25, -0.2) is 9.59 Å². The van der Waals surface area contributed by atoms with Crippen LogP contribution in [-0.4, -0.2) is 66.2 Å². The molecule has 1 aliphatic carbocycles. The molecule has 2 aliphatic rings. The van der Waals surface area contributed by atoms with E-state index in [2.05, 4.69) is 5.32 Å². The predicted octanol–water partition coefficient (Wildman–Crippen LogP) is 1.37. The molecule has 0 spiro atoms. The summed E-state index contributed by atoms with van der Waals surface area (Å²) in [4.78, 5) is 27.5. The Morgan fingerprint density at radius 1 is 1.33 bits per heavy atom. The topological polar surface area (TPSA) is 72.9 Å². The first-order valence-corrected chi connectivity index (χ1v) is 7.97. The van der Waals surface area contributed by atoms with Crippen LogP contribution in [-0.2, 0) is 4.79 Å². The van der Waals surface area contributed by atoms with Gasteiger partial charge in [-0.3, -0.25) is 0 Å². The van der Waals surface area contributed by atoms with Crippen molar-refractivity contribution < 1.29 is 14.7 Å². The van der Waals surface area contributed by atoms with Crippen molar-refractivity contribution in [3.05, 3.63) is 0 Å². The van der Waals surface area contributed by atoms with Crippen molar-refractivity contribution in [3.8, 4) is 0 Å². The fraction of sp³-hybridized carbons (Fsp3) is 0.867. The molecule has 1 saturated carbocycles. The van der Waals surface area contributed by atoms with Gasteiger partial charge in [-0.2, -0.15) is 0 Å². The summed E-state index contributed by atoms with van der Waals surface area (Å²) in [5.41, 5.74) is 0. The number of hydrogen-bond donors (Lipinski definition) is 2. The fourth-order valence-corrected chi connectivity index (χ4v) is 3.74. The Bertz CT molecular complexity index is 388. The summed E-state index contributed by atoms with van der Waals surface area (Å²) in [7, 11) is 3.66. The lowest BCUT2D eigenvalue weighted by atomic mass is 9.85. The van der Waals surface area contributed by atoms with Crippen molar-refractivity contribution in [3.63, 3.8) is 0 Å². The number of carbonyl (C=O) groups is 2. The molecule has 0 aromatic heterocycles. The average molecular weight is 297 g/mol. The normalized spacial score (nSPS) is 28.3. The molecule has 6 heteroatoms. The van der Waals surface area contributed by atoms with Crippen molar-refractivity contribution in [2.45, 2.75) is 50.6 Å². The van der Waals surface area contributed by atoms with E-state index in [-0.39, 0.29) is 12.1 Å². The molecule has 0 radical (unpaired) electrons. The van der Waals surface area contributed by atoms with Gasteiger partial charge in [0.2, 0.25) is 0 Å². The molecule has 2 fully saturated rings. The monoisotopic (exact) mass is 297 g/mol. The van der Waals surface area contributed by atoms with Crippen LogP contribution in [0.1, 0.15) is 38.5 Å². The number of urea groups is 1. The van der Waals surface area contributed by atoms with Crippen LogP contribution in [0.15, 0.2) is 0 Å². The van der Waals surface area contributed by atoms with Crippen molar-refractivity contribution in [2.75, 3.05) is 27.2 Å². The van der Waals surface area contributed by atoms with Crippen LogP contribution in [0.4, 0.5) is 4.79 Å². The van der Waals surface area contributed by atoms with Crippen LogP contribution in [0.2, 0.25) is 0 Å². The summed E-state index contributed by atoms with van der Waals surface area (Å²) in [6, 6.07) is -0.635. The summed E-state index contributed by atoms with van der Waals surface area (Å²) < 4.78 is 0. The summed E-state index contributed by atoms with van der Waals surface area (Å²) in [5, 5.41) is 12.5. The number of fused-ring (bicyclic) bond motifs is 1. The Balaban J connectivity index is 2.05. The van der Waals surface area contributed by atoms with E-state index in [9.17, 15) is 14.7 Å². The van der Waals surface area contributed by atoms with Crippen LogP contribution in [0, 0.1) is 5.92 Å². The number of nitrogens with zero attached hydrogens (tertiary/aromatic N) is 2. The first-order valence-electron chi connectivity index (χ1n) is 7.97. The number of carboxylic acids is 1. The summed E-state index contributed by atoms with van der Waals surface area (Å²) in [5.74, 6) is -0.490. The number of nitrogens with one attached hydrogen (secondary N) is 1. The Morgan fingerprint density at radius 2 is 2.05 bits per heavy atom. The zero-order chi connectivity index (χ0) is 15.4. The fourth-order valence-electron chi connectivity index (χ4n) is 3.74. The maximum absolute atomic E-state index is 12.7. The smallest absolute Gasteiger partial charge is 0.326 e. The second-order valence-corrected chi connectivity index (χ2v) is 6.27. The number of carbonyl (C=O) groups excluding carboxylic acids is 1. The number of rotatable bonds is 5. The maximum atomic E-state index is 12.7. The van der Waals surface area contributed by atoms with Crippen LogP contribution in [0.25, 0.3) is 0 Å². The van der Waals surface area contributed by atoms with E-state index in [0.29, 0.717) is 18.9 Å². The van der Waals surface area contributed by atoms with Gasteiger partial charge in [0.1, 0.15) is 6.04 Å². The standard InChI is InChI=1S/C15H27N3O3/c1-16-8-5-9-17(2)15(21)18-12-7-4-3-6-11(12)10-13(18)14(19)20/h11-13,16H,3-10H2,1-2H3,(H,19,20). The van der Waals surface area contributed by atoms with E-state index in [4.69, 9.17) is 0 Å². The molecule has 0 aromatic rings. The molecule has 1 heterocycles. The molecule has 1 aliphatic heterocycles. The predicted molar refractivity (Wildman–Crippen MR) is 80.2 cm³/mol. The Labute approximate surface area is 126 Å². The van der Waals surface area contributed by atoms with Gasteiger partial charge in [-0.05, 0) is 45.2 Å². The SMILES string of the molecule is CNCCCN(C)C(=O)N1C(C(=O)O)CC2CCCCC21. The highest BCUT2D eigenvalue weighted by atomic mass is 16.4. The Hall–Kier alpha value is -1.30. The van der Waals surface area contributed by atoms with Gasteiger partial charge in [0, 0.05) is 19.6 Å². The zero-order valence-corrected chi connectivity index (χ0v) is 13.0. The minimum Gasteiger partial charge on any atom is -0.480 e. The summed E-state index contributed by atoms with van der Waals surface area (Å²) in [6.45, 7) is 1.51. The van der Waals surface area contributed by atoms with Gasteiger partial charge in [-0.1, -0.05) is 12.8 Å². The highest BCUT2D eigenvalue weighted by molar-refractivity contribution is 5.83. The second-order valence-electron chi connectivity index (χ2n) is 6.27. The molecule has 2 N–H and O–H groups in total. The molecule has 21 heavy (non-hydrogen) atoms. The quantitative estimate of drug-likeness (QED) is 0.752. The van der Waals surface area contributed by atoms with Gasteiger partial charge in [0.05, 0.1) is 0 Å². The lowest BCUT2D eigenvalue weighted by Crippen LogP contribution is -2.51. The van der Waals surface area contributed by atoms with Crippen molar-refractivity contribution in [2.24, 2.45) is 5.92 Å². The van der Waals surface area contributed by atoms with E-state index >= 15 is 0 Å². The third-order valence-corrected chi connectivity index (χ3v) is 4.84. The number of likely N-dealkylation sites (tertiary alicyclic amines) is 1. The molecule has 2 amide bonds. The van der Waals surface area contributed by atoms with Crippen LogP contribution in [0.5, 0.6) is 0 Å².